The van der Waals surface area contributed by atoms with Gasteiger partial charge in [-0.25, -0.2) is 0 Å². The fourth-order valence-electron chi connectivity index (χ4n) is 2.27. The van der Waals surface area contributed by atoms with Crippen molar-refractivity contribution in [1.29, 1.82) is 0 Å². The maximum atomic E-state index is 9.19. The van der Waals surface area contributed by atoms with Crippen molar-refractivity contribution < 1.29 is 14.6 Å². The maximum absolute atomic E-state index is 9.19. The largest absolute Gasteiger partial charge is 0.486 e. The van der Waals surface area contributed by atoms with Crippen molar-refractivity contribution in [3.05, 3.63) is 52.5 Å². The van der Waals surface area contributed by atoms with Gasteiger partial charge < -0.3 is 19.9 Å². The molecule has 0 saturated carbocycles. The quantitative estimate of drug-likeness (QED) is 0.910. The summed E-state index contributed by atoms with van der Waals surface area (Å²) < 4.78 is 11.2. The molecule has 0 aliphatic carbocycles. The first kappa shape index (κ1) is 14.0. The Morgan fingerprint density at radius 1 is 1.14 bits per heavy atom. The average molecular weight is 306 g/mol. The van der Waals surface area contributed by atoms with Gasteiger partial charge in [-0.2, -0.15) is 0 Å². The molecule has 0 amide bonds. The number of anilines is 1. The summed E-state index contributed by atoms with van der Waals surface area (Å²) in [6.07, 6.45) is 0. The Balaban J connectivity index is 1.79. The second-order valence-corrected chi connectivity index (χ2v) is 5.17. The normalized spacial score (nSPS) is 13.0. The molecule has 0 fully saturated rings. The second kappa shape index (κ2) is 6.24. The highest BCUT2D eigenvalue weighted by Gasteiger charge is 2.15. The van der Waals surface area contributed by atoms with Crippen LogP contribution in [-0.2, 0) is 13.2 Å². The molecule has 110 valence electrons. The van der Waals surface area contributed by atoms with Crippen LogP contribution in [0.2, 0.25) is 5.02 Å². The second-order valence-electron chi connectivity index (χ2n) is 4.77. The molecule has 0 aromatic heterocycles. The van der Waals surface area contributed by atoms with Crippen LogP contribution in [0.3, 0.4) is 0 Å². The lowest BCUT2D eigenvalue weighted by Crippen LogP contribution is -2.17. The van der Waals surface area contributed by atoms with Crippen LogP contribution >= 0.6 is 11.6 Å². The molecular formula is C16H16ClNO3. The fraction of sp³-hybridized carbons (Fsp3) is 0.250. The van der Waals surface area contributed by atoms with Crippen molar-refractivity contribution in [3.8, 4) is 11.5 Å². The van der Waals surface area contributed by atoms with E-state index in [0.717, 1.165) is 28.3 Å². The van der Waals surface area contributed by atoms with Crippen LogP contribution in [-0.4, -0.2) is 18.3 Å². The Morgan fingerprint density at radius 3 is 2.86 bits per heavy atom. The standard InChI is InChI=1S/C16H16ClNO3/c17-13-5-4-11(10-19)8-14(13)18-9-12-2-1-3-15-16(12)21-7-6-20-15/h1-5,8,18-19H,6-7,9-10H2. The molecule has 1 heterocycles. The SMILES string of the molecule is OCc1ccc(Cl)c(NCc2cccc3c2OCCO3)c1. The molecule has 0 saturated heterocycles. The van der Waals surface area contributed by atoms with Gasteiger partial charge in [0.05, 0.1) is 17.3 Å². The van der Waals surface area contributed by atoms with E-state index in [0.29, 0.717) is 24.8 Å². The number of ether oxygens (including phenoxy) is 2. The molecule has 0 atom stereocenters. The van der Waals surface area contributed by atoms with Gasteiger partial charge in [0, 0.05) is 12.1 Å². The third kappa shape index (κ3) is 3.06. The Bertz CT molecular complexity index is 645. The number of halogens is 1. The first-order valence-electron chi connectivity index (χ1n) is 6.78. The van der Waals surface area contributed by atoms with Crippen molar-refractivity contribution in [2.24, 2.45) is 0 Å². The summed E-state index contributed by atoms with van der Waals surface area (Å²) in [6.45, 7) is 1.70. The number of fused-ring (bicyclic) bond motifs is 1. The van der Waals surface area contributed by atoms with Crippen molar-refractivity contribution in [2.75, 3.05) is 18.5 Å². The zero-order valence-corrected chi connectivity index (χ0v) is 12.2. The van der Waals surface area contributed by atoms with Crippen molar-refractivity contribution in [3.63, 3.8) is 0 Å². The predicted molar refractivity (Wildman–Crippen MR) is 82.1 cm³/mol. The zero-order valence-electron chi connectivity index (χ0n) is 11.4. The molecule has 0 unspecified atom stereocenters. The summed E-state index contributed by atoms with van der Waals surface area (Å²) in [5, 5.41) is 13.1. The molecule has 0 radical (unpaired) electrons. The zero-order chi connectivity index (χ0) is 14.7. The van der Waals surface area contributed by atoms with E-state index in [4.69, 9.17) is 21.1 Å². The van der Waals surface area contributed by atoms with E-state index >= 15 is 0 Å². The van der Waals surface area contributed by atoms with Crippen LogP contribution in [0.5, 0.6) is 11.5 Å². The number of aliphatic hydroxyl groups excluding tert-OH is 1. The molecule has 2 aromatic carbocycles. The van der Waals surface area contributed by atoms with Crippen LogP contribution in [0.15, 0.2) is 36.4 Å². The van der Waals surface area contributed by atoms with Crippen LogP contribution < -0.4 is 14.8 Å². The molecule has 21 heavy (non-hydrogen) atoms. The molecular weight excluding hydrogens is 290 g/mol. The third-order valence-corrected chi connectivity index (χ3v) is 3.66. The molecule has 3 rings (SSSR count). The highest BCUT2D eigenvalue weighted by atomic mass is 35.5. The minimum absolute atomic E-state index is 0.0104. The maximum Gasteiger partial charge on any atom is 0.166 e. The average Bonchev–Trinajstić information content (AvgIpc) is 2.54. The summed E-state index contributed by atoms with van der Waals surface area (Å²) in [4.78, 5) is 0. The van der Waals surface area contributed by atoms with E-state index < -0.39 is 0 Å². The molecule has 1 aliphatic rings. The minimum Gasteiger partial charge on any atom is -0.486 e. The fourth-order valence-corrected chi connectivity index (χ4v) is 2.45. The van der Waals surface area contributed by atoms with Crippen molar-refractivity contribution in [2.45, 2.75) is 13.2 Å². The Morgan fingerprint density at radius 2 is 2.00 bits per heavy atom. The molecule has 1 aliphatic heterocycles. The van der Waals surface area contributed by atoms with Gasteiger partial charge in [0.2, 0.25) is 0 Å². The lowest BCUT2D eigenvalue weighted by molar-refractivity contribution is 0.170. The summed E-state index contributed by atoms with van der Waals surface area (Å²) >= 11 is 6.16. The van der Waals surface area contributed by atoms with Crippen LogP contribution in [0.25, 0.3) is 0 Å². The van der Waals surface area contributed by atoms with Gasteiger partial charge in [-0.1, -0.05) is 29.8 Å². The van der Waals surface area contributed by atoms with E-state index in [1.165, 1.54) is 0 Å². The van der Waals surface area contributed by atoms with Crippen molar-refractivity contribution in [1.82, 2.24) is 0 Å². The lowest BCUT2D eigenvalue weighted by atomic mass is 10.1. The van der Waals surface area contributed by atoms with E-state index in [-0.39, 0.29) is 6.61 Å². The third-order valence-electron chi connectivity index (χ3n) is 3.33. The smallest absolute Gasteiger partial charge is 0.166 e. The highest BCUT2D eigenvalue weighted by Crippen LogP contribution is 2.34. The molecule has 2 aromatic rings. The Hall–Kier alpha value is -1.91. The molecule has 0 bridgehead atoms. The highest BCUT2D eigenvalue weighted by molar-refractivity contribution is 6.33. The summed E-state index contributed by atoms with van der Waals surface area (Å²) in [5.74, 6) is 1.56. The Kier molecular flexibility index (Phi) is 4.18. The number of hydrogen-bond acceptors (Lipinski definition) is 4. The summed E-state index contributed by atoms with van der Waals surface area (Å²) in [5.41, 5.74) is 2.62. The monoisotopic (exact) mass is 305 g/mol. The van der Waals surface area contributed by atoms with Crippen LogP contribution in [0.4, 0.5) is 5.69 Å². The number of aliphatic hydroxyl groups is 1. The van der Waals surface area contributed by atoms with Gasteiger partial charge in [0.25, 0.3) is 0 Å². The molecule has 2 N–H and O–H groups in total. The predicted octanol–water partition coefficient (Wildman–Crippen LogP) is 3.22. The van der Waals surface area contributed by atoms with Gasteiger partial charge >= 0.3 is 0 Å². The Labute approximate surface area is 128 Å². The minimum atomic E-state index is -0.0104. The van der Waals surface area contributed by atoms with Gasteiger partial charge in [-0.3, -0.25) is 0 Å². The number of benzene rings is 2. The van der Waals surface area contributed by atoms with Gasteiger partial charge in [-0.15, -0.1) is 0 Å². The van der Waals surface area contributed by atoms with Gasteiger partial charge in [-0.05, 0) is 23.8 Å². The molecule has 5 heteroatoms. The van der Waals surface area contributed by atoms with Gasteiger partial charge in [0.1, 0.15) is 13.2 Å². The summed E-state index contributed by atoms with van der Waals surface area (Å²) in [6, 6.07) is 11.2. The van der Waals surface area contributed by atoms with Gasteiger partial charge in [0.15, 0.2) is 11.5 Å². The topological polar surface area (TPSA) is 50.7 Å². The first-order chi connectivity index (χ1) is 10.3. The van der Waals surface area contributed by atoms with E-state index in [9.17, 15) is 5.11 Å². The van der Waals surface area contributed by atoms with Crippen molar-refractivity contribution >= 4 is 17.3 Å². The number of hydrogen-bond donors (Lipinski definition) is 2. The number of rotatable bonds is 4. The van der Waals surface area contributed by atoms with Crippen LogP contribution in [0.1, 0.15) is 11.1 Å². The molecule has 0 spiro atoms. The van der Waals surface area contributed by atoms with E-state index in [1.807, 2.05) is 24.3 Å². The lowest BCUT2D eigenvalue weighted by Gasteiger charge is -2.21. The van der Waals surface area contributed by atoms with Crippen LogP contribution in [0, 0.1) is 0 Å². The number of para-hydroxylation sites is 1. The first-order valence-corrected chi connectivity index (χ1v) is 7.16. The molecule has 4 nitrogen and oxygen atoms in total. The number of nitrogens with one attached hydrogen (secondary N) is 1. The van der Waals surface area contributed by atoms with E-state index in [2.05, 4.69) is 5.32 Å². The summed E-state index contributed by atoms with van der Waals surface area (Å²) in [7, 11) is 0. The van der Waals surface area contributed by atoms with E-state index in [1.54, 1.807) is 12.1 Å².